The van der Waals surface area contributed by atoms with Gasteiger partial charge in [-0.15, -0.1) is 0 Å². The van der Waals surface area contributed by atoms with E-state index in [1.54, 1.807) is 7.11 Å². The zero-order valence-corrected chi connectivity index (χ0v) is 11.4. The first kappa shape index (κ1) is 15.4. The van der Waals surface area contributed by atoms with E-state index in [0.717, 1.165) is 25.8 Å². The SMILES string of the molecule is COCCOCCCNCC(=O)NC1CCCC1. The molecule has 5 nitrogen and oxygen atoms in total. The molecule has 1 amide bonds. The molecule has 0 bridgehead atoms. The highest BCUT2D eigenvalue weighted by atomic mass is 16.5. The maximum Gasteiger partial charge on any atom is 0.234 e. The van der Waals surface area contributed by atoms with Gasteiger partial charge in [0, 0.05) is 19.8 Å². The Hall–Kier alpha value is -0.650. The first-order valence-electron chi connectivity index (χ1n) is 6.89. The van der Waals surface area contributed by atoms with E-state index in [1.165, 1.54) is 12.8 Å². The Morgan fingerprint density at radius 3 is 2.72 bits per heavy atom. The lowest BCUT2D eigenvalue weighted by Gasteiger charge is -2.12. The summed E-state index contributed by atoms with van der Waals surface area (Å²) in [7, 11) is 1.66. The van der Waals surface area contributed by atoms with Crippen LogP contribution in [0.3, 0.4) is 0 Å². The largest absolute Gasteiger partial charge is 0.382 e. The van der Waals surface area contributed by atoms with Gasteiger partial charge in [0.15, 0.2) is 0 Å². The van der Waals surface area contributed by atoms with Crippen molar-refractivity contribution in [2.45, 2.75) is 38.1 Å². The van der Waals surface area contributed by atoms with Gasteiger partial charge in [0.2, 0.25) is 5.91 Å². The second-order valence-electron chi connectivity index (χ2n) is 4.68. The monoisotopic (exact) mass is 258 g/mol. The fourth-order valence-corrected chi connectivity index (χ4v) is 2.09. The Morgan fingerprint density at radius 2 is 2.00 bits per heavy atom. The smallest absolute Gasteiger partial charge is 0.234 e. The van der Waals surface area contributed by atoms with Gasteiger partial charge in [0.1, 0.15) is 0 Å². The van der Waals surface area contributed by atoms with Crippen LogP contribution >= 0.6 is 0 Å². The van der Waals surface area contributed by atoms with Crippen LogP contribution in [0.4, 0.5) is 0 Å². The summed E-state index contributed by atoms with van der Waals surface area (Å²) in [5.74, 6) is 0.113. The van der Waals surface area contributed by atoms with Crippen molar-refractivity contribution in [2.75, 3.05) is 40.0 Å². The van der Waals surface area contributed by atoms with E-state index in [4.69, 9.17) is 9.47 Å². The van der Waals surface area contributed by atoms with Crippen LogP contribution in [-0.4, -0.2) is 52.0 Å². The maximum atomic E-state index is 11.6. The molecule has 1 saturated carbocycles. The Labute approximate surface area is 110 Å². The van der Waals surface area contributed by atoms with E-state index in [9.17, 15) is 4.79 Å². The van der Waals surface area contributed by atoms with E-state index in [1.807, 2.05) is 0 Å². The highest BCUT2D eigenvalue weighted by Crippen LogP contribution is 2.17. The molecule has 1 fully saturated rings. The summed E-state index contributed by atoms with van der Waals surface area (Å²) in [4.78, 5) is 11.6. The molecule has 0 aromatic heterocycles. The third-order valence-corrected chi connectivity index (χ3v) is 3.08. The molecule has 0 atom stereocenters. The summed E-state index contributed by atoms with van der Waals surface area (Å²) in [6, 6.07) is 0.414. The van der Waals surface area contributed by atoms with Crippen LogP contribution < -0.4 is 10.6 Å². The second-order valence-corrected chi connectivity index (χ2v) is 4.68. The second kappa shape index (κ2) is 10.3. The summed E-state index contributed by atoms with van der Waals surface area (Å²) < 4.78 is 10.2. The summed E-state index contributed by atoms with van der Waals surface area (Å²) in [6.45, 7) is 3.20. The molecule has 1 rings (SSSR count). The lowest BCUT2D eigenvalue weighted by atomic mass is 10.2. The third kappa shape index (κ3) is 7.63. The van der Waals surface area contributed by atoms with Gasteiger partial charge in [0.25, 0.3) is 0 Å². The average Bonchev–Trinajstić information content (AvgIpc) is 2.85. The minimum Gasteiger partial charge on any atom is -0.382 e. The Bertz CT molecular complexity index is 218. The van der Waals surface area contributed by atoms with Crippen molar-refractivity contribution in [1.82, 2.24) is 10.6 Å². The van der Waals surface area contributed by atoms with Gasteiger partial charge in [0.05, 0.1) is 19.8 Å². The quantitative estimate of drug-likeness (QED) is 0.566. The molecule has 0 aromatic rings. The van der Waals surface area contributed by atoms with Crippen LogP contribution in [0, 0.1) is 0 Å². The van der Waals surface area contributed by atoms with E-state index >= 15 is 0 Å². The molecule has 0 radical (unpaired) electrons. The van der Waals surface area contributed by atoms with E-state index in [0.29, 0.717) is 32.4 Å². The number of rotatable bonds is 10. The Balaban J connectivity index is 1.83. The molecule has 0 aliphatic heterocycles. The van der Waals surface area contributed by atoms with Gasteiger partial charge in [-0.05, 0) is 25.8 Å². The van der Waals surface area contributed by atoms with E-state index in [-0.39, 0.29) is 5.91 Å². The topological polar surface area (TPSA) is 59.6 Å². The van der Waals surface area contributed by atoms with Gasteiger partial charge >= 0.3 is 0 Å². The number of carbonyl (C=O) groups is 1. The van der Waals surface area contributed by atoms with Crippen LogP contribution in [0.2, 0.25) is 0 Å². The Morgan fingerprint density at radius 1 is 1.22 bits per heavy atom. The summed E-state index contributed by atoms with van der Waals surface area (Å²) >= 11 is 0. The standard InChI is InChI=1S/C13H26N2O3/c1-17-9-10-18-8-4-7-14-11-13(16)15-12-5-2-3-6-12/h12,14H,2-11H2,1H3,(H,15,16). The summed E-state index contributed by atoms with van der Waals surface area (Å²) in [5.41, 5.74) is 0. The first-order valence-corrected chi connectivity index (χ1v) is 6.89. The van der Waals surface area contributed by atoms with Crippen molar-refractivity contribution < 1.29 is 14.3 Å². The molecule has 18 heavy (non-hydrogen) atoms. The van der Waals surface area contributed by atoms with E-state index in [2.05, 4.69) is 10.6 Å². The molecule has 106 valence electrons. The zero-order chi connectivity index (χ0) is 13.1. The molecule has 0 unspecified atom stereocenters. The number of hydrogen-bond acceptors (Lipinski definition) is 4. The number of nitrogens with one attached hydrogen (secondary N) is 2. The maximum absolute atomic E-state index is 11.6. The molecule has 1 aliphatic rings. The van der Waals surface area contributed by atoms with Gasteiger partial charge in [-0.3, -0.25) is 4.79 Å². The minimum atomic E-state index is 0.113. The minimum absolute atomic E-state index is 0.113. The van der Waals surface area contributed by atoms with Crippen LogP contribution in [0.15, 0.2) is 0 Å². The first-order chi connectivity index (χ1) is 8.83. The molecule has 0 spiro atoms. The van der Waals surface area contributed by atoms with Gasteiger partial charge in [-0.1, -0.05) is 12.8 Å². The third-order valence-electron chi connectivity index (χ3n) is 3.08. The summed E-state index contributed by atoms with van der Waals surface area (Å²) in [5, 5.41) is 6.18. The fourth-order valence-electron chi connectivity index (χ4n) is 2.09. The number of methoxy groups -OCH3 is 1. The number of amides is 1. The van der Waals surface area contributed by atoms with Crippen molar-refractivity contribution in [3.8, 4) is 0 Å². The molecule has 1 aliphatic carbocycles. The molecule has 2 N–H and O–H groups in total. The summed E-state index contributed by atoms with van der Waals surface area (Å²) in [6.07, 6.45) is 5.69. The molecular formula is C13H26N2O3. The molecule has 0 heterocycles. The Kier molecular flexibility index (Phi) is 8.81. The van der Waals surface area contributed by atoms with Crippen molar-refractivity contribution in [3.05, 3.63) is 0 Å². The van der Waals surface area contributed by atoms with Crippen molar-refractivity contribution in [2.24, 2.45) is 0 Å². The number of carbonyl (C=O) groups excluding carboxylic acids is 1. The van der Waals surface area contributed by atoms with Crippen molar-refractivity contribution in [1.29, 1.82) is 0 Å². The van der Waals surface area contributed by atoms with Crippen LogP contribution in [0.1, 0.15) is 32.1 Å². The lowest BCUT2D eigenvalue weighted by molar-refractivity contribution is -0.120. The molecular weight excluding hydrogens is 232 g/mol. The number of hydrogen-bond donors (Lipinski definition) is 2. The van der Waals surface area contributed by atoms with E-state index < -0.39 is 0 Å². The predicted molar refractivity (Wildman–Crippen MR) is 70.6 cm³/mol. The number of ether oxygens (including phenoxy) is 2. The van der Waals surface area contributed by atoms with Crippen LogP contribution in [0.5, 0.6) is 0 Å². The highest BCUT2D eigenvalue weighted by molar-refractivity contribution is 5.78. The molecule has 0 saturated heterocycles. The van der Waals surface area contributed by atoms with Crippen LogP contribution in [-0.2, 0) is 14.3 Å². The van der Waals surface area contributed by atoms with Gasteiger partial charge in [-0.2, -0.15) is 0 Å². The average molecular weight is 258 g/mol. The fraction of sp³-hybridized carbons (Fsp3) is 0.923. The van der Waals surface area contributed by atoms with Gasteiger partial charge in [-0.25, -0.2) is 0 Å². The molecule has 0 aromatic carbocycles. The normalized spacial score (nSPS) is 16.1. The predicted octanol–water partition coefficient (Wildman–Crippen LogP) is 0.688. The molecule has 5 heteroatoms. The van der Waals surface area contributed by atoms with Gasteiger partial charge < -0.3 is 20.1 Å². The highest BCUT2D eigenvalue weighted by Gasteiger charge is 2.16. The lowest BCUT2D eigenvalue weighted by Crippen LogP contribution is -2.39. The van der Waals surface area contributed by atoms with Crippen molar-refractivity contribution in [3.63, 3.8) is 0 Å². The zero-order valence-electron chi connectivity index (χ0n) is 11.4. The van der Waals surface area contributed by atoms with Crippen molar-refractivity contribution >= 4 is 5.91 Å². The van der Waals surface area contributed by atoms with Crippen LogP contribution in [0.25, 0.3) is 0 Å².